The Bertz CT molecular complexity index is 463. The molecule has 0 N–H and O–H groups in total. The first-order valence-electron chi connectivity index (χ1n) is 6.76. The highest BCUT2D eigenvalue weighted by Crippen LogP contribution is 2.29. The molecule has 0 aromatic heterocycles. The Kier molecular flexibility index (Phi) is 4.81. The van der Waals surface area contributed by atoms with E-state index in [-0.39, 0.29) is 11.7 Å². The Balaban J connectivity index is 2.10. The van der Waals surface area contributed by atoms with E-state index in [1.165, 1.54) is 12.1 Å². The van der Waals surface area contributed by atoms with Crippen LogP contribution in [-0.4, -0.2) is 18.3 Å². The van der Waals surface area contributed by atoms with Gasteiger partial charge < -0.3 is 4.90 Å². The van der Waals surface area contributed by atoms with Crippen LogP contribution in [-0.2, 0) is 11.2 Å². The van der Waals surface area contributed by atoms with Gasteiger partial charge in [-0.1, -0.05) is 6.92 Å². The van der Waals surface area contributed by atoms with Gasteiger partial charge in [-0.25, -0.2) is 4.39 Å². The molecule has 1 aliphatic heterocycles. The van der Waals surface area contributed by atoms with Crippen LogP contribution >= 0.6 is 11.6 Å². The van der Waals surface area contributed by atoms with Crippen LogP contribution in [0.3, 0.4) is 0 Å². The fourth-order valence-electron chi connectivity index (χ4n) is 2.45. The fourth-order valence-corrected chi connectivity index (χ4v) is 2.83. The molecule has 0 spiro atoms. The van der Waals surface area contributed by atoms with E-state index in [0.29, 0.717) is 31.2 Å². The van der Waals surface area contributed by atoms with Gasteiger partial charge in [0, 0.05) is 24.5 Å². The molecule has 0 saturated heterocycles. The maximum Gasteiger partial charge on any atom is 0.227 e. The van der Waals surface area contributed by atoms with Gasteiger partial charge in [-0.3, -0.25) is 4.79 Å². The Hall–Kier alpha value is -1.09. The van der Waals surface area contributed by atoms with E-state index in [1.807, 2.05) is 0 Å². The number of rotatable bonds is 5. The monoisotopic (exact) mass is 283 g/mol. The van der Waals surface area contributed by atoms with Crippen molar-refractivity contribution >= 4 is 23.2 Å². The third-order valence-electron chi connectivity index (χ3n) is 3.69. The molecule has 1 aromatic rings. The molecule has 4 heteroatoms. The predicted molar refractivity (Wildman–Crippen MR) is 76.2 cm³/mol. The van der Waals surface area contributed by atoms with Crippen molar-refractivity contribution in [1.29, 1.82) is 0 Å². The van der Waals surface area contributed by atoms with Crippen LogP contribution in [0.5, 0.6) is 0 Å². The second-order valence-electron chi connectivity index (χ2n) is 5.19. The number of anilines is 1. The molecule has 2 nitrogen and oxygen atoms in total. The van der Waals surface area contributed by atoms with Crippen molar-refractivity contribution < 1.29 is 9.18 Å². The maximum absolute atomic E-state index is 13.2. The summed E-state index contributed by atoms with van der Waals surface area (Å²) in [6.45, 7) is 2.83. The number of nitrogens with zero attached hydrogens (tertiary/aromatic N) is 1. The topological polar surface area (TPSA) is 20.3 Å². The lowest BCUT2D eigenvalue weighted by molar-refractivity contribution is -0.118. The zero-order valence-corrected chi connectivity index (χ0v) is 11.9. The lowest BCUT2D eigenvalue weighted by atomic mass is 9.99. The molecule has 1 amide bonds. The highest BCUT2D eigenvalue weighted by Gasteiger charge is 2.24. The fraction of sp³-hybridized carbons (Fsp3) is 0.533. The number of aryl methyl sites for hydroxylation is 1. The maximum atomic E-state index is 13.2. The van der Waals surface area contributed by atoms with Crippen LogP contribution in [0.4, 0.5) is 10.1 Å². The zero-order valence-electron chi connectivity index (χ0n) is 11.2. The van der Waals surface area contributed by atoms with Crippen LogP contribution < -0.4 is 4.90 Å². The van der Waals surface area contributed by atoms with Crippen molar-refractivity contribution in [3.05, 3.63) is 29.6 Å². The number of hydrogen-bond acceptors (Lipinski definition) is 1. The number of amides is 1. The van der Waals surface area contributed by atoms with Crippen LogP contribution in [0.25, 0.3) is 0 Å². The van der Waals surface area contributed by atoms with E-state index in [2.05, 4.69) is 6.92 Å². The summed E-state index contributed by atoms with van der Waals surface area (Å²) in [4.78, 5) is 13.8. The number of benzene rings is 1. The van der Waals surface area contributed by atoms with Gasteiger partial charge >= 0.3 is 0 Å². The van der Waals surface area contributed by atoms with E-state index in [9.17, 15) is 9.18 Å². The molecule has 0 radical (unpaired) electrons. The molecule has 0 aliphatic carbocycles. The van der Waals surface area contributed by atoms with Crippen LogP contribution in [0, 0.1) is 11.7 Å². The first kappa shape index (κ1) is 14.3. The summed E-state index contributed by atoms with van der Waals surface area (Å²) in [7, 11) is 0. The summed E-state index contributed by atoms with van der Waals surface area (Å²) in [6.07, 6.45) is 3.00. The Morgan fingerprint density at radius 1 is 1.37 bits per heavy atom. The van der Waals surface area contributed by atoms with Gasteiger partial charge in [0.15, 0.2) is 0 Å². The molecule has 2 rings (SSSR count). The number of carbonyl (C=O) groups excluding carboxylic acids is 1. The minimum Gasteiger partial charge on any atom is -0.312 e. The number of halogens is 2. The van der Waals surface area contributed by atoms with Crippen molar-refractivity contribution in [2.24, 2.45) is 5.92 Å². The van der Waals surface area contributed by atoms with Crippen LogP contribution in [0.1, 0.15) is 31.7 Å². The van der Waals surface area contributed by atoms with Gasteiger partial charge in [0.2, 0.25) is 5.91 Å². The zero-order chi connectivity index (χ0) is 13.8. The van der Waals surface area contributed by atoms with E-state index < -0.39 is 0 Å². The summed E-state index contributed by atoms with van der Waals surface area (Å²) >= 11 is 5.72. The lowest BCUT2D eigenvalue weighted by Gasteiger charge is -2.30. The van der Waals surface area contributed by atoms with E-state index in [1.54, 1.807) is 11.0 Å². The summed E-state index contributed by atoms with van der Waals surface area (Å²) in [5, 5.41) is 0. The molecule has 0 bridgehead atoms. The number of alkyl halides is 1. The van der Waals surface area contributed by atoms with E-state index in [4.69, 9.17) is 11.6 Å². The van der Waals surface area contributed by atoms with Crippen molar-refractivity contribution in [2.75, 3.05) is 17.3 Å². The molecule has 1 unspecified atom stereocenters. The molecular weight excluding hydrogens is 265 g/mol. The van der Waals surface area contributed by atoms with Gasteiger partial charge in [0.1, 0.15) is 5.82 Å². The summed E-state index contributed by atoms with van der Waals surface area (Å²) in [6, 6.07) is 4.68. The van der Waals surface area contributed by atoms with Crippen LogP contribution in [0.15, 0.2) is 18.2 Å². The van der Waals surface area contributed by atoms with Gasteiger partial charge in [0.25, 0.3) is 0 Å². The third-order valence-corrected chi connectivity index (χ3v) is 3.91. The average Bonchev–Trinajstić information content (AvgIpc) is 2.38. The Labute approximate surface area is 118 Å². The largest absolute Gasteiger partial charge is 0.312 e. The highest BCUT2D eigenvalue weighted by atomic mass is 35.5. The molecule has 104 valence electrons. The molecule has 1 atom stereocenters. The molecule has 1 heterocycles. The summed E-state index contributed by atoms with van der Waals surface area (Å²) in [5.41, 5.74) is 1.81. The molecule has 1 aliphatic rings. The normalized spacial score (nSPS) is 16.4. The standard InChI is InChI=1S/C15H19ClFNO/c1-11(6-8-16)7-9-18-14-4-3-13(17)10-12(14)2-5-15(18)19/h3-4,10-11H,2,5-9H2,1H3. The molecule has 0 fully saturated rings. The van der Waals surface area contributed by atoms with Crippen LogP contribution in [0.2, 0.25) is 0 Å². The molecular formula is C15H19ClFNO. The smallest absolute Gasteiger partial charge is 0.227 e. The summed E-state index contributed by atoms with van der Waals surface area (Å²) < 4.78 is 13.2. The van der Waals surface area contributed by atoms with Gasteiger partial charge in [-0.2, -0.15) is 0 Å². The minimum atomic E-state index is -0.233. The summed E-state index contributed by atoms with van der Waals surface area (Å²) in [5.74, 6) is 1.05. The number of carbonyl (C=O) groups is 1. The number of hydrogen-bond donors (Lipinski definition) is 0. The third kappa shape index (κ3) is 3.47. The van der Waals surface area contributed by atoms with Gasteiger partial charge in [-0.15, -0.1) is 11.6 Å². The lowest BCUT2D eigenvalue weighted by Crippen LogP contribution is -2.36. The van der Waals surface area contributed by atoms with Crippen molar-refractivity contribution in [3.63, 3.8) is 0 Å². The number of fused-ring (bicyclic) bond motifs is 1. The Morgan fingerprint density at radius 2 is 2.16 bits per heavy atom. The first-order chi connectivity index (χ1) is 9.11. The first-order valence-corrected chi connectivity index (χ1v) is 7.30. The Morgan fingerprint density at radius 3 is 2.89 bits per heavy atom. The predicted octanol–water partition coefficient (Wildman–Crippen LogP) is 3.76. The van der Waals surface area contributed by atoms with Gasteiger partial charge in [0.05, 0.1) is 0 Å². The van der Waals surface area contributed by atoms with E-state index in [0.717, 1.165) is 24.1 Å². The van der Waals surface area contributed by atoms with Crippen molar-refractivity contribution in [2.45, 2.75) is 32.6 Å². The minimum absolute atomic E-state index is 0.136. The second kappa shape index (κ2) is 6.38. The van der Waals surface area contributed by atoms with Crippen molar-refractivity contribution in [3.8, 4) is 0 Å². The molecule has 0 saturated carbocycles. The average molecular weight is 284 g/mol. The molecule has 1 aromatic carbocycles. The molecule has 19 heavy (non-hydrogen) atoms. The highest BCUT2D eigenvalue weighted by molar-refractivity contribution is 6.17. The SMILES string of the molecule is CC(CCCl)CCN1C(=O)CCc2cc(F)ccc21. The van der Waals surface area contributed by atoms with Gasteiger partial charge in [-0.05, 0) is 48.9 Å². The quantitative estimate of drug-likeness (QED) is 0.754. The van der Waals surface area contributed by atoms with E-state index >= 15 is 0 Å². The van der Waals surface area contributed by atoms with Crippen molar-refractivity contribution in [1.82, 2.24) is 0 Å². The second-order valence-corrected chi connectivity index (χ2v) is 5.57.